The maximum atomic E-state index is 12.1. The number of likely N-dealkylation sites (tertiary alicyclic amines) is 1. The summed E-state index contributed by atoms with van der Waals surface area (Å²) in [7, 11) is -3.16. The van der Waals surface area contributed by atoms with Gasteiger partial charge in [-0.2, -0.15) is 4.31 Å². The lowest BCUT2D eigenvalue weighted by atomic mass is 9.91. The third kappa shape index (κ3) is 3.49. The van der Waals surface area contributed by atoms with Crippen molar-refractivity contribution in [3.05, 3.63) is 0 Å². The van der Waals surface area contributed by atoms with E-state index in [4.69, 9.17) is 0 Å². The van der Waals surface area contributed by atoms with Gasteiger partial charge in [-0.05, 0) is 6.42 Å². The van der Waals surface area contributed by atoms with Crippen LogP contribution in [0.5, 0.6) is 0 Å². The van der Waals surface area contributed by atoms with Crippen molar-refractivity contribution in [2.45, 2.75) is 18.9 Å². The Bertz CT molecular complexity index is 465. The van der Waals surface area contributed by atoms with E-state index in [1.807, 2.05) is 11.8 Å². The van der Waals surface area contributed by atoms with Crippen LogP contribution in [0.4, 0.5) is 0 Å². The first-order chi connectivity index (χ1) is 9.23. The second-order valence-electron chi connectivity index (χ2n) is 5.77. The average Bonchev–Trinajstić information content (AvgIpc) is 2.35. The minimum Gasteiger partial charge on any atom is -0.387 e. The van der Waals surface area contributed by atoms with Crippen molar-refractivity contribution in [2.24, 2.45) is 0 Å². The number of carbonyl (C=O) groups is 1. The fraction of sp³-hybridized carbons (Fsp3) is 0.917. The van der Waals surface area contributed by atoms with Crippen molar-refractivity contribution in [3.8, 4) is 0 Å². The molecule has 0 aromatic rings. The monoisotopic (exact) mass is 305 g/mol. The van der Waals surface area contributed by atoms with Crippen molar-refractivity contribution in [3.63, 3.8) is 0 Å². The highest BCUT2D eigenvalue weighted by Crippen LogP contribution is 2.23. The van der Waals surface area contributed by atoms with Crippen LogP contribution in [0.15, 0.2) is 0 Å². The fourth-order valence-corrected chi connectivity index (χ4v) is 3.51. The number of nitrogens with zero attached hydrogens (tertiary/aromatic N) is 3. The van der Waals surface area contributed by atoms with E-state index in [-0.39, 0.29) is 5.91 Å². The summed E-state index contributed by atoms with van der Waals surface area (Å²) in [5.41, 5.74) is -0.630. The van der Waals surface area contributed by atoms with Gasteiger partial charge in [-0.3, -0.25) is 9.69 Å². The predicted molar refractivity (Wildman–Crippen MR) is 74.7 cm³/mol. The molecule has 0 spiro atoms. The third-order valence-electron chi connectivity index (χ3n) is 4.11. The first-order valence-electron chi connectivity index (χ1n) is 6.91. The molecule has 0 unspecified atom stereocenters. The molecule has 2 saturated heterocycles. The Hall–Kier alpha value is -0.700. The van der Waals surface area contributed by atoms with Crippen LogP contribution in [-0.4, -0.2) is 91.2 Å². The van der Waals surface area contributed by atoms with E-state index in [0.717, 1.165) is 0 Å². The molecule has 20 heavy (non-hydrogen) atoms. The van der Waals surface area contributed by atoms with Gasteiger partial charge in [0, 0.05) is 39.3 Å². The number of hydrogen-bond acceptors (Lipinski definition) is 5. The fourth-order valence-electron chi connectivity index (χ4n) is 2.68. The third-order valence-corrected chi connectivity index (χ3v) is 5.42. The summed E-state index contributed by atoms with van der Waals surface area (Å²) in [6.07, 6.45) is 1.89. The molecule has 1 amide bonds. The summed E-state index contributed by atoms with van der Waals surface area (Å²) in [5, 5.41) is 9.90. The number of sulfonamides is 1. The van der Waals surface area contributed by atoms with Crippen LogP contribution in [0.25, 0.3) is 0 Å². The van der Waals surface area contributed by atoms with Crippen LogP contribution in [0, 0.1) is 0 Å². The number of aliphatic hydroxyl groups is 1. The van der Waals surface area contributed by atoms with Gasteiger partial charge in [0.05, 0.1) is 18.4 Å². The average molecular weight is 305 g/mol. The van der Waals surface area contributed by atoms with Gasteiger partial charge in [0.1, 0.15) is 0 Å². The molecule has 2 aliphatic rings. The molecule has 8 heteroatoms. The standard InChI is InChI=1S/C12H23N3O4S/c1-3-12(17)9-13(10-12)8-11(16)14-4-6-15(7-5-14)20(2,18)19/h17H,3-10H2,1-2H3. The lowest BCUT2D eigenvalue weighted by Gasteiger charge is -2.46. The summed E-state index contributed by atoms with van der Waals surface area (Å²) < 4.78 is 24.2. The largest absolute Gasteiger partial charge is 0.387 e. The van der Waals surface area contributed by atoms with Gasteiger partial charge in [-0.1, -0.05) is 6.92 Å². The van der Waals surface area contributed by atoms with Crippen LogP contribution in [0.2, 0.25) is 0 Å². The quantitative estimate of drug-likeness (QED) is 0.687. The van der Waals surface area contributed by atoms with Crippen molar-refractivity contribution in [1.29, 1.82) is 0 Å². The maximum absolute atomic E-state index is 12.1. The van der Waals surface area contributed by atoms with E-state index in [1.165, 1.54) is 10.6 Å². The molecule has 116 valence electrons. The van der Waals surface area contributed by atoms with Crippen molar-refractivity contribution < 1.29 is 18.3 Å². The summed E-state index contributed by atoms with van der Waals surface area (Å²) >= 11 is 0. The van der Waals surface area contributed by atoms with E-state index in [1.54, 1.807) is 4.90 Å². The summed E-state index contributed by atoms with van der Waals surface area (Å²) in [6, 6.07) is 0. The molecule has 0 aromatic heterocycles. The lowest BCUT2D eigenvalue weighted by molar-refractivity contribution is -0.143. The van der Waals surface area contributed by atoms with Gasteiger partial charge in [-0.15, -0.1) is 0 Å². The molecule has 0 aliphatic carbocycles. The highest BCUT2D eigenvalue weighted by atomic mass is 32.2. The maximum Gasteiger partial charge on any atom is 0.236 e. The van der Waals surface area contributed by atoms with E-state index < -0.39 is 15.6 Å². The Balaban J connectivity index is 1.76. The molecule has 2 heterocycles. The Morgan fingerprint density at radius 3 is 2.20 bits per heavy atom. The van der Waals surface area contributed by atoms with Crippen molar-refractivity contribution in [1.82, 2.24) is 14.1 Å². The highest BCUT2D eigenvalue weighted by Gasteiger charge is 2.40. The van der Waals surface area contributed by atoms with Crippen molar-refractivity contribution in [2.75, 3.05) is 52.1 Å². The van der Waals surface area contributed by atoms with E-state index in [9.17, 15) is 18.3 Å². The van der Waals surface area contributed by atoms with Crippen LogP contribution < -0.4 is 0 Å². The molecule has 0 bridgehead atoms. The molecule has 1 N–H and O–H groups in total. The number of amides is 1. The first-order valence-corrected chi connectivity index (χ1v) is 8.76. The predicted octanol–water partition coefficient (Wildman–Crippen LogP) is -1.45. The molecule has 0 radical (unpaired) electrons. The molecule has 2 aliphatic heterocycles. The van der Waals surface area contributed by atoms with E-state index in [0.29, 0.717) is 52.2 Å². The Morgan fingerprint density at radius 1 is 1.20 bits per heavy atom. The SMILES string of the molecule is CCC1(O)CN(CC(=O)N2CCN(S(C)(=O)=O)CC2)C1. The van der Waals surface area contributed by atoms with Crippen LogP contribution >= 0.6 is 0 Å². The molecular formula is C12H23N3O4S. The molecule has 7 nitrogen and oxygen atoms in total. The second-order valence-corrected chi connectivity index (χ2v) is 7.75. The molecular weight excluding hydrogens is 282 g/mol. The Kier molecular flexibility index (Phi) is 4.38. The second kappa shape index (κ2) is 5.59. The summed E-state index contributed by atoms with van der Waals surface area (Å²) in [4.78, 5) is 15.7. The van der Waals surface area contributed by atoms with Crippen LogP contribution in [0.1, 0.15) is 13.3 Å². The zero-order valence-corrected chi connectivity index (χ0v) is 12.9. The van der Waals surface area contributed by atoms with E-state index in [2.05, 4.69) is 0 Å². The number of carbonyl (C=O) groups excluding carboxylic acids is 1. The summed E-state index contributed by atoms with van der Waals surface area (Å²) in [6.45, 7) is 4.93. The topological polar surface area (TPSA) is 81.2 Å². The van der Waals surface area contributed by atoms with Crippen molar-refractivity contribution >= 4 is 15.9 Å². The van der Waals surface area contributed by atoms with Crippen LogP contribution in [-0.2, 0) is 14.8 Å². The van der Waals surface area contributed by atoms with Gasteiger partial charge in [0.15, 0.2) is 0 Å². The number of piperazine rings is 1. The Morgan fingerprint density at radius 2 is 1.75 bits per heavy atom. The molecule has 0 atom stereocenters. The van der Waals surface area contributed by atoms with Gasteiger partial charge in [-0.25, -0.2) is 8.42 Å². The minimum absolute atomic E-state index is 0.0105. The molecule has 2 rings (SSSR count). The number of rotatable bonds is 4. The van der Waals surface area contributed by atoms with Gasteiger partial charge in [0.25, 0.3) is 0 Å². The molecule has 2 fully saturated rings. The molecule has 0 aromatic carbocycles. The normalized spacial score (nSPS) is 24.4. The van der Waals surface area contributed by atoms with Crippen LogP contribution in [0.3, 0.4) is 0 Å². The van der Waals surface area contributed by atoms with Gasteiger partial charge >= 0.3 is 0 Å². The minimum atomic E-state index is -3.16. The highest BCUT2D eigenvalue weighted by molar-refractivity contribution is 7.88. The Labute approximate surface area is 120 Å². The zero-order chi connectivity index (χ0) is 15.0. The van der Waals surface area contributed by atoms with Gasteiger partial charge in [0.2, 0.25) is 15.9 Å². The van der Waals surface area contributed by atoms with E-state index >= 15 is 0 Å². The zero-order valence-electron chi connectivity index (χ0n) is 12.1. The number of β-amino-alcohol motifs (C(OH)–C–C–N with tert-alkyl or cyclic N) is 1. The summed E-state index contributed by atoms with van der Waals surface area (Å²) in [5.74, 6) is 0.0105. The number of hydrogen-bond donors (Lipinski definition) is 1. The first kappa shape index (κ1) is 15.7. The smallest absolute Gasteiger partial charge is 0.236 e. The van der Waals surface area contributed by atoms with Gasteiger partial charge < -0.3 is 10.0 Å². The molecule has 0 saturated carbocycles. The lowest BCUT2D eigenvalue weighted by Crippen LogP contribution is -2.63.